The fraction of sp³-hybridized carbons (Fsp3) is 0.500. The molecule has 0 N–H and O–H groups in total. The summed E-state index contributed by atoms with van der Waals surface area (Å²) in [5.41, 5.74) is 0.700. The van der Waals surface area contributed by atoms with Gasteiger partial charge in [-0.1, -0.05) is 0 Å². The third-order valence-corrected chi connectivity index (χ3v) is 1.79. The number of nitrogens with zero attached hydrogens (tertiary/aromatic N) is 3. The average molecular weight is 191 g/mol. The largest absolute Gasteiger partial charge is 0.309 e. The molecule has 0 aromatic carbocycles. The molecular formula is C6H10FN3OS. The van der Waals surface area contributed by atoms with Gasteiger partial charge in [0.1, 0.15) is 6.33 Å². The Bertz CT molecular complexity index is 286. The topological polar surface area (TPSA) is 38.1 Å². The molecule has 12 heavy (non-hydrogen) atoms. The first-order valence-corrected chi connectivity index (χ1v) is 4.36. The predicted octanol–water partition coefficient (Wildman–Crippen LogP) is 0.341. The maximum Gasteiger partial charge on any atom is 0.309 e. The quantitative estimate of drug-likeness (QED) is 0.647. The van der Waals surface area contributed by atoms with Crippen molar-refractivity contribution in [1.29, 1.82) is 0 Å². The Labute approximate surface area is 72.9 Å². The lowest BCUT2D eigenvalue weighted by molar-refractivity contribution is 0.397. The summed E-state index contributed by atoms with van der Waals surface area (Å²) in [6.45, 7) is 0.615. The van der Waals surface area contributed by atoms with Gasteiger partial charge < -0.3 is 4.90 Å². The van der Waals surface area contributed by atoms with Crippen LogP contribution in [0.15, 0.2) is 12.5 Å². The predicted molar refractivity (Wildman–Crippen MR) is 44.3 cm³/mol. The molecule has 1 aromatic heterocycles. The molecule has 0 bridgehead atoms. The van der Waals surface area contributed by atoms with Crippen LogP contribution in [-0.4, -0.2) is 32.2 Å². The first kappa shape index (κ1) is 9.34. The van der Waals surface area contributed by atoms with E-state index in [1.807, 2.05) is 19.0 Å². The number of rotatable bonds is 3. The molecule has 1 heterocycles. The van der Waals surface area contributed by atoms with Crippen LogP contribution >= 0.6 is 0 Å². The van der Waals surface area contributed by atoms with Crippen molar-refractivity contribution >= 4 is 11.4 Å². The number of hydrogen-bond acceptors (Lipinski definition) is 3. The molecule has 1 unspecified atom stereocenters. The van der Waals surface area contributed by atoms with Gasteiger partial charge in [0.25, 0.3) is 0 Å². The van der Waals surface area contributed by atoms with Crippen molar-refractivity contribution in [3.63, 3.8) is 0 Å². The van der Waals surface area contributed by atoms with Gasteiger partial charge >= 0.3 is 11.4 Å². The summed E-state index contributed by atoms with van der Waals surface area (Å²) >= 11 is -2.49. The van der Waals surface area contributed by atoms with Crippen LogP contribution in [0.4, 0.5) is 3.89 Å². The molecule has 0 fully saturated rings. The Hall–Kier alpha value is -0.750. The van der Waals surface area contributed by atoms with Crippen molar-refractivity contribution in [2.24, 2.45) is 0 Å². The Kier molecular flexibility index (Phi) is 2.93. The van der Waals surface area contributed by atoms with Crippen LogP contribution in [0.2, 0.25) is 0 Å². The Balaban J connectivity index is 2.71. The van der Waals surface area contributed by atoms with Gasteiger partial charge in [-0.25, -0.2) is 8.96 Å². The molecule has 1 atom stereocenters. The zero-order valence-corrected chi connectivity index (χ0v) is 7.71. The molecule has 0 spiro atoms. The molecule has 0 aliphatic rings. The monoisotopic (exact) mass is 191 g/mol. The summed E-state index contributed by atoms with van der Waals surface area (Å²) in [5, 5.41) is 0. The molecule has 0 radical (unpaired) electrons. The van der Waals surface area contributed by atoms with Crippen LogP contribution in [0.1, 0.15) is 5.69 Å². The zero-order chi connectivity index (χ0) is 9.14. The van der Waals surface area contributed by atoms with Gasteiger partial charge in [-0.3, -0.25) is 0 Å². The van der Waals surface area contributed by atoms with Crippen molar-refractivity contribution in [2.45, 2.75) is 6.54 Å². The summed E-state index contributed by atoms with van der Waals surface area (Å²) in [6, 6.07) is 0. The van der Waals surface area contributed by atoms with E-state index in [-0.39, 0.29) is 0 Å². The van der Waals surface area contributed by atoms with Gasteiger partial charge in [0, 0.05) is 12.7 Å². The number of hydrogen-bond donors (Lipinski definition) is 0. The third-order valence-electron chi connectivity index (χ3n) is 1.26. The summed E-state index contributed by atoms with van der Waals surface area (Å²) in [7, 11) is 3.76. The van der Waals surface area contributed by atoms with Crippen LogP contribution in [0.5, 0.6) is 0 Å². The molecule has 1 aromatic rings. The minimum atomic E-state index is -2.49. The minimum absolute atomic E-state index is 0.615. The van der Waals surface area contributed by atoms with E-state index in [0.29, 0.717) is 12.2 Å². The van der Waals surface area contributed by atoms with Gasteiger partial charge in [0.2, 0.25) is 0 Å². The Morgan fingerprint density at radius 1 is 1.75 bits per heavy atom. The van der Waals surface area contributed by atoms with Gasteiger partial charge in [-0.2, -0.15) is 4.21 Å². The van der Waals surface area contributed by atoms with Crippen molar-refractivity contribution in [3.05, 3.63) is 18.2 Å². The Morgan fingerprint density at radius 2 is 2.42 bits per heavy atom. The summed E-state index contributed by atoms with van der Waals surface area (Å²) in [4.78, 5) is 5.76. The van der Waals surface area contributed by atoms with E-state index in [1.165, 1.54) is 12.5 Å². The fourth-order valence-electron chi connectivity index (χ4n) is 0.829. The standard InChI is InChI=1S/C6H10FN3OS/c1-9(2)3-6-4-10(5-8-6)12(7)11/h4-5H,3H2,1-2H3. The highest BCUT2D eigenvalue weighted by molar-refractivity contribution is 7.78. The molecule has 0 saturated carbocycles. The lowest BCUT2D eigenvalue weighted by Gasteiger charge is -2.04. The molecule has 0 amide bonds. The van der Waals surface area contributed by atoms with Gasteiger partial charge in [-0.15, -0.1) is 3.89 Å². The van der Waals surface area contributed by atoms with E-state index < -0.39 is 11.4 Å². The highest BCUT2D eigenvalue weighted by Crippen LogP contribution is 2.00. The van der Waals surface area contributed by atoms with E-state index >= 15 is 0 Å². The van der Waals surface area contributed by atoms with Crippen LogP contribution in [0, 0.1) is 0 Å². The fourth-order valence-corrected chi connectivity index (χ4v) is 1.15. The first-order chi connectivity index (χ1) is 5.59. The van der Waals surface area contributed by atoms with Gasteiger partial charge in [0.05, 0.1) is 5.69 Å². The molecule has 68 valence electrons. The third kappa shape index (κ3) is 2.38. The lowest BCUT2D eigenvalue weighted by Crippen LogP contribution is -2.10. The highest BCUT2D eigenvalue weighted by atomic mass is 32.2. The number of aromatic nitrogens is 2. The van der Waals surface area contributed by atoms with E-state index in [9.17, 15) is 8.09 Å². The summed E-state index contributed by atoms with van der Waals surface area (Å²) < 4.78 is 23.4. The van der Waals surface area contributed by atoms with E-state index in [0.717, 1.165) is 3.97 Å². The number of imidazole rings is 1. The normalized spacial score (nSPS) is 13.7. The van der Waals surface area contributed by atoms with Crippen molar-refractivity contribution in [3.8, 4) is 0 Å². The molecular weight excluding hydrogens is 181 g/mol. The van der Waals surface area contributed by atoms with Gasteiger partial charge in [0.15, 0.2) is 0 Å². The van der Waals surface area contributed by atoms with Crippen LogP contribution in [0.3, 0.4) is 0 Å². The molecule has 6 heteroatoms. The van der Waals surface area contributed by atoms with Crippen LogP contribution in [0.25, 0.3) is 0 Å². The van der Waals surface area contributed by atoms with Crippen LogP contribution < -0.4 is 0 Å². The molecule has 0 aliphatic heterocycles. The molecule has 1 rings (SSSR count). The van der Waals surface area contributed by atoms with Crippen molar-refractivity contribution in [2.75, 3.05) is 14.1 Å². The second kappa shape index (κ2) is 3.77. The summed E-state index contributed by atoms with van der Waals surface area (Å²) in [6.07, 6.45) is 2.64. The van der Waals surface area contributed by atoms with Crippen molar-refractivity contribution in [1.82, 2.24) is 13.9 Å². The SMILES string of the molecule is CN(C)Cc1cn(S(=O)F)cn1. The maximum atomic E-state index is 12.2. The average Bonchev–Trinajstić information content (AvgIpc) is 2.34. The van der Waals surface area contributed by atoms with Crippen molar-refractivity contribution < 1.29 is 8.09 Å². The van der Waals surface area contributed by atoms with Crippen LogP contribution in [-0.2, 0) is 17.9 Å². The molecule has 0 saturated heterocycles. The second-order valence-electron chi connectivity index (χ2n) is 2.67. The minimum Gasteiger partial charge on any atom is -0.304 e. The van der Waals surface area contributed by atoms with E-state index in [4.69, 9.17) is 0 Å². The highest BCUT2D eigenvalue weighted by Gasteiger charge is 2.03. The Morgan fingerprint density at radius 3 is 2.83 bits per heavy atom. The molecule has 0 aliphatic carbocycles. The molecule has 4 nitrogen and oxygen atoms in total. The number of halogens is 1. The lowest BCUT2D eigenvalue weighted by atomic mass is 10.4. The van der Waals surface area contributed by atoms with E-state index in [1.54, 1.807) is 0 Å². The summed E-state index contributed by atoms with van der Waals surface area (Å²) in [5.74, 6) is 0. The first-order valence-electron chi connectivity index (χ1n) is 3.35. The van der Waals surface area contributed by atoms with E-state index in [2.05, 4.69) is 4.98 Å². The maximum absolute atomic E-state index is 12.2. The second-order valence-corrected chi connectivity index (χ2v) is 3.50. The smallest absolute Gasteiger partial charge is 0.304 e. The zero-order valence-electron chi connectivity index (χ0n) is 6.90. The van der Waals surface area contributed by atoms with Gasteiger partial charge in [-0.05, 0) is 14.1 Å².